The molecule has 0 fully saturated rings. The summed E-state index contributed by atoms with van der Waals surface area (Å²) in [5.74, 6) is 0.622. The number of thiazole rings is 1. The highest BCUT2D eigenvalue weighted by Crippen LogP contribution is 2.23. The Balaban J connectivity index is 1.57. The first kappa shape index (κ1) is 17.8. The third-order valence-corrected chi connectivity index (χ3v) is 4.96. The number of aliphatic imine (C=N–C) groups is 1. The van der Waals surface area contributed by atoms with Crippen LogP contribution in [0.5, 0.6) is 0 Å². The minimum Gasteiger partial charge on any atom is -0.259 e. The highest BCUT2D eigenvalue weighted by atomic mass is 32.1. The largest absolute Gasteiger partial charge is 0.259 e. The predicted molar refractivity (Wildman–Crippen MR) is 119 cm³/mol. The van der Waals surface area contributed by atoms with E-state index in [0.717, 1.165) is 26.5 Å². The average Bonchev–Trinajstić information content (AvgIpc) is 3.18. The van der Waals surface area contributed by atoms with E-state index in [1.165, 1.54) is 0 Å². The molecule has 4 rings (SSSR count). The molecule has 0 aliphatic rings. The second-order valence-corrected chi connectivity index (χ2v) is 6.97. The van der Waals surface area contributed by atoms with Crippen LogP contribution in [0.25, 0.3) is 16.3 Å². The van der Waals surface area contributed by atoms with Gasteiger partial charge >= 0.3 is 0 Å². The van der Waals surface area contributed by atoms with Crippen molar-refractivity contribution < 1.29 is 0 Å². The van der Waals surface area contributed by atoms with E-state index in [-0.39, 0.29) is 0 Å². The molecule has 4 nitrogen and oxygen atoms in total. The Kier molecular flexibility index (Phi) is 5.65. The molecular weight excluding hydrogens is 364 g/mol. The zero-order valence-corrected chi connectivity index (χ0v) is 15.9. The first-order chi connectivity index (χ1) is 13.9. The number of nitrogens with zero attached hydrogens (tertiary/aromatic N) is 3. The number of hydrogen-bond donors (Lipinski definition) is 1. The number of allylic oxidation sites excluding steroid dienone is 1. The SMILES string of the molecule is C(=Cc1ccccc1)C=NNC(=Nc1ccccc1)c1nc2ccccc2s1. The van der Waals surface area contributed by atoms with E-state index in [9.17, 15) is 0 Å². The van der Waals surface area contributed by atoms with Crippen LogP contribution < -0.4 is 5.43 Å². The Labute approximate surface area is 167 Å². The van der Waals surface area contributed by atoms with E-state index >= 15 is 0 Å². The van der Waals surface area contributed by atoms with Gasteiger partial charge in [0.25, 0.3) is 0 Å². The topological polar surface area (TPSA) is 49.6 Å². The van der Waals surface area contributed by atoms with Crippen LogP contribution in [0.1, 0.15) is 10.6 Å². The Morgan fingerprint density at radius 1 is 0.857 bits per heavy atom. The van der Waals surface area contributed by atoms with Crippen LogP contribution in [0.2, 0.25) is 0 Å². The zero-order chi connectivity index (χ0) is 19.0. The van der Waals surface area contributed by atoms with Crippen molar-refractivity contribution in [2.24, 2.45) is 10.1 Å². The minimum absolute atomic E-state index is 0.622. The fraction of sp³-hybridized carbons (Fsp3) is 0. The first-order valence-corrected chi connectivity index (χ1v) is 9.71. The molecule has 3 aromatic carbocycles. The molecule has 0 bridgehead atoms. The van der Waals surface area contributed by atoms with Gasteiger partial charge in [0.1, 0.15) is 0 Å². The second-order valence-electron chi connectivity index (χ2n) is 5.94. The molecule has 0 atom stereocenters. The van der Waals surface area contributed by atoms with E-state index in [2.05, 4.69) is 21.6 Å². The first-order valence-electron chi connectivity index (χ1n) is 8.89. The summed E-state index contributed by atoms with van der Waals surface area (Å²) in [4.78, 5) is 9.38. The minimum atomic E-state index is 0.622. The van der Waals surface area contributed by atoms with Gasteiger partial charge in [-0.05, 0) is 35.9 Å². The number of hydrazone groups is 1. The highest BCUT2D eigenvalue weighted by molar-refractivity contribution is 7.20. The standard InChI is InChI=1S/C23H18N4S/c1-3-10-18(11-4-1)12-9-17-24-27-22(25-19-13-5-2-6-14-19)23-26-20-15-7-8-16-21(20)28-23/h1-17H,(H,25,27). The number of aromatic nitrogens is 1. The summed E-state index contributed by atoms with van der Waals surface area (Å²) in [5.41, 5.74) is 5.97. The number of nitrogens with one attached hydrogen (secondary N) is 1. The molecule has 1 N–H and O–H groups in total. The Hall–Kier alpha value is -3.57. The van der Waals surface area contributed by atoms with E-state index in [4.69, 9.17) is 4.99 Å². The molecule has 28 heavy (non-hydrogen) atoms. The van der Waals surface area contributed by atoms with Crippen molar-refractivity contribution in [1.29, 1.82) is 0 Å². The fourth-order valence-corrected chi connectivity index (χ4v) is 3.49. The van der Waals surface area contributed by atoms with Crippen molar-refractivity contribution in [3.8, 4) is 0 Å². The molecular formula is C23H18N4S. The van der Waals surface area contributed by atoms with Crippen molar-refractivity contribution in [1.82, 2.24) is 10.4 Å². The zero-order valence-electron chi connectivity index (χ0n) is 15.1. The van der Waals surface area contributed by atoms with E-state index in [1.54, 1.807) is 17.6 Å². The number of rotatable bonds is 5. The van der Waals surface area contributed by atoms with Gasteiger partial charge in [0.15, 0.2) is 10.8 Å². The second kappa shape index (κ2) is 8.88. The van der Waals surface area contributed by atoms with Gasteiger partial charge in [-0.25, -0.2) is 9.98 Å². The summed E-state index contributed by atoms with van der Waals surface area (Å²) < 4.78 is 1.12. The molecule has 0 radical (unpaired) electrons. The summed E-state index contributed by atoms with van der Waals surface area (Å²) >= 11 is 1.59. The smallest absolute Gasteiger partial charge is 0.183 e. The highest BCUT2D eigenvalue weighted by Gasteiger charge is 2.10. The molecule has 0 amide bonds. The predicted octanol–water partition coefficient (Wildman–Crippen LogP) is 5.66. The van der Waals surface area contributed by atoms with Gasteiger partial charge in [-0.3, -0.25) is 5.43 Å². The van der Waals surface area contributed by atoms with Crippen LogP contribution in [-0.2, 0) is 0 Å². The van der Waals surface area contributed by atoms with Gasteiger partial charge in [-0.1, -0.05) is 66.7 Å². The summed E-state index contributed by atoms with van der Waals surface area (Å²) in [6.45, 7) is 0. The summed E-state index contributed by atoms with van der Waals surface area (Å²) in [7, 11) is 0. The number of benzene rings is 3. The molecule has 0 aliphatic carbocycles. The Bertz CT molecular complexity index is 1100. The van der Waals surface area contributed by atoms with Crippen LogP contribution in [0.3, 0.4) is 0 Å². The van der Waals surface area contributed by atoms with Gasteiger partial charge in [0, 0.05) is 6.21 Å². The summed E-state index contributed by atoms with van der Waals surface area (Å²) in [6.07, 6.45) is 5.60. The fourth-order valence-electron chi connectivity index (χ4n) is 2.59. The molecule has 0 saturated heterocycles. The van der Waals surface area contributed by atoms with E-state index < -0.39 is 0 Å². The molecule has 4 aromatic rings. The van der Waals surface area contributed by atoms with Gasteiger partial charge in [-0.15, -0.1) is 11.3 Å². The van der Waals surface area contributed by atoms with Crippen molar-refractivity contribution in [3.63, 3.8) is 0 Å². The number of fused-ring (bicyclic) bond motifs is 1. The van der Waals surface area contributed by atoms with Crippen molar-refractivity contribution in [2.75, 3.05) is 0 Å². The maximum atomic E-state index is 4.70. The van der Waals surface area contributed by atoms with E-state index in [0.29, 0.717) is 5.84 Å². The van der Waals surface area contributed by atoms with Crippen LogP contribution in [-0.4, -0.2) is 17.0 Å². The van der Waals surface area contributed by atoms with Crippen molar-refractivity contribution >= 4 is 45.4 Å². The maximum Gasteiger partial charge on any atom is 0.183 e. The average molecular weight is 382 g/mol. The van der Waals surface area contributed by atoms with Crippen LogP contribution >= 0.6 is 11.3 Å². The monoisotopic (exact) mass is 382 g/mol. The molecule has 5 heteroatoms. The maximum absolute atomic E-state index is 4.70. The molecule has 0 unspecified atom stereocenters. The lowest BCUT2D eigenvalue weighted by Gasteiger charge is -2.02. The third kappa shape index (κ3) is 4.58. The third-order valence-electron chi connectivity index (χ3n) is 3.91. The lowest BCUT2D eigenvalue weighted by Crippen LogP contribution is -2.18. The molecule has 136 valence electrons. The molecule has 0 saturated carbocycles. The quantitative estimate of drug-likeness (QED) is 0.275. The molecule has 1 heterocycles. The van der Waals surface area contributed by atoms with Crippen molar-refractivity contribution in [3.05, 3.63) is 102 Å². The molecule has 0 spiro atoms. The van der Waals surface area contributed by atoms with Gasteiger partial charge in [-0.2, -0.15) is 5.10 Å². The summed E-state index contributed by atoms with van der Waals surface area (Å²) in [5, 5.41) is 5.10. The lowest BCUT2D eigenvalue weighted by molar-refractivity contribution is 1.03. The van der Waals surface area contributed by atoms with E-state index in [1.807, 2.05) is 91.0 Å². The lowest BCUT2D eigenvalue weighted by atomic mass is 10.2. The van der Waals surface area contributed by atoms with Crippen LogP contribution in [0.4, 0.5) is 5.69 Å². The van der Waals surface area contributed by atoms with Crippen LogP contribution in [0.15, 0.2) is 101 Å². The van der Waals surface area contributed by atoms with Gasteiger partial charge < -0.3 is 0 Å². The Morgan fingerprint density at radius 3 is 2.36 bits per heavy atom. The Morgan fingerprint density at radius 2 is 1.57 bits per heavy atom. The number of hydrogen-bond acceptors (Lipinski definition) is 4. The summed E-state index contributed by atoms with van der Waals surface area (Å²) in [6, 6.07) is 27.9. The number of amidine groups is 1. The van der Waals surface area contributed by atoms with Gasteiger partial charge in [0.2, 0.25) is 0 Å². The normalized spacial score (nSPS) is 12.2. The molecule has 1 aromatic heterocycles. The van der Waals surface area contributed by atoms with Crippen molar-refractivity contribution in [2.45, 2.75) is 0 Å². The van der Waals surface area contributed by atoms with Crippen LogP contribution in [0, 0.1) is 0 Å². The number of para-hydroxylation sites is 2. The molecule has 0 aliphatic heterocycles. The van der Waals surface area contributed by atoms with Gasteiger partial charge in [0.05, 0.1) is 15.9 Å².